The van der Waals surface area contributed by atoms with E-state index in [9.17, 15) is 14.4 Å². The Kier molecular flexibility index (Phi) is 9.43. The lowest BCUT2D eigenvalue weighted by Gasteiger charge is -2.37. The molecule has 3 amide bonds. The molecule has 1 aliphatic rings. The Balaban J connectivity index is 2.43. The molecule has 26 heavy (non-hydrogen) atoms. The Hall–Kier alpha value is -1.28. The van der Waals surface area contributed by atoms with Crippen LogP contribution in [0.5, 0.6) is 0 Å². The highest BCUT2D eigenvalue weighted by molar-refractivity contribution is 7.98. The Morgan fingerprint density at radius 3 is 2.62 bits per heavy atom. The van der Waals surface area contributed by atoms with Crippen molar-refractivity contribution >= 4 is 29.5 Å². The summed E-state index contributed by atoms with van der Waals surface area (Å²) in [5.74, 6) is 0.588. The van der Waals surface area contributed by atoms with Gasteiger partial charge in [0.2, 0.25) is 17.7 Å². The number of hydrogen-bond acceptors (Lipinski definition) is 5. The number of likely N-dealkylation sites (tertiary alicyclic amines) is 1. The zero-order chi connectivity index (χ0) is 19.7. The number of unbranched alkanes of at least 4 members (excludes halogenated alkanes) is 1. The predicted octanol–water partition coefficient (Wildman–Crippen LogP) is 0.869. The van der Waals surface area contributed by atoms with E-state index in [0.717, 1.165) is 25.0 Å². The molecule has 4 N–H and O–H groups in total. The molecule has 0 unspecified atom stereocenters. The number of nitrogens with zero attached hydrogens (tertiary/aromatic N) is 1. The second-order valence-corrected chi connectivity index (χ2v) is 8.37. The zero-order valence-corrected chi connectivity index (χ0v) is 17.3. The van der Waals surface area contributed by atoms with E-state index in [1.807, 2.05) is 20.1 Å². The van der Waals surface area contributed by atoms with E-state index >= 15 is 0 Å². The van der Waals surface area contributed by atoms with Crippen molar-refractivity contribution in [3.8, 4) is 0 Å². The summed E-state index contributed by atoms with van der Waals surface area (Å²) in [6.45, 7) is 4.56. The second-order valence-electron chi connectivity index (χ2n) is 7.38. The number of likely N-dealkylation sites (N-methyl/N-ethyl adjacent to an activating group) is 1. The fourth-order valence-corrected chi connectivity index (χ4v) is 3.72. The number of rotatable bonds is 10. The summed E-state index contributed by atoms with van der Waals surface area (Å²) in [5.41, 5.74) is 5.75. The van der Waals surface area contributed by atoms with Gasteiger partial charge >= 0.3 is 0 Å². The number of amides is 3. The highest BCUT2D eigenvalue weighted by Gasteiger charge is 2.46. The highest BCUT2D eigenvalue weighted by Crippen LogP contribution is 2.34. The van der Waals surface area contributed by atoms with Crippen molar-refractivity contribution in [1.29, 1.82) is 0 Å². The van der Waals surface area contributed by atoms with Crippen molar-refractivity contribution in [2.24, 2.45) is 5.73 Å². The zero-order valence-electron chi connectivity index (χ0n) is 16.5. The van der Waals surface area contributed by atoms with Gasteiger partial charge in [0, 0.05) is 31.3 Å². The average Bonchev–Trinajstić information content (AvgIpc) is 2.93. The normalized spacial score (nSPS) is 19.9. The van der Waals surface area contributed by atoms with E-state index in [-0.39, 0.29) is 23.3 Å². The van der Waals surface area contributed by atoms with E-state index in [1.54, 1.807) is 23.7 Å². The molecular formula is C18H34N4O3S. The first-order valence-electron chi connectivity index (χ1n) is 9.30. The van der Waals surface area contributed by atoms with Crippen molar-refractivity contribution in [3.63, 3.8) is 0 Å². The predicted molar refractivity (Wildman–Crippen MR) is 106 cm³/mol. The summed E-state index contributed by atoms with van der Waals surface area (Å²) >= 11 is 1.65. The van der Waals surface area contributed by atoms with Crippen LogP contribution in [0.3, 0.4) is 0 Å². The smallest absolute Gasteiger partial charge is 0.242 e. The van der Waals surface area contributed by atoms with E-state index < -0.39 is 12.1 Å². The van der Waals surface area contributed by atoms with Gasteiger partial charge in [0.1, 0.15) is 6.04 Å². The van der Waals surface area contributed by atoms with Crippen LogP contribution in [0.2, 0.25) is 0 Å². The SMILES string of the molecule is CNC(=O)[C@@H]1CCC(C)(C)N1C(=O)[C@@H](N)CCCCNC(=O)CCSC. The van der Waals surface area contributed by atoms with Crippen molar-refractivity contribution in [2.75, 3.05) is 25.6 Å². The van der Waals surface area contributed by atoms with Gasteiger partial charge in [0.05, 0.1) is 6.04 Å². The number of hydrogen-bond donors (Lipinski definition) is 3. The first kappa shape index (κ1) is 22.8. The standard InChI is InChI=1S/C18H34N4O3S/c1-18(2)10-8-14(16(24)20-3)22(18)17(25)13(19)7-5-6-11-21-15(23)9-12-26-4/h13-14H,5-12,19H2,1-4H3,(H,20,24)(H,21,23)/t13-,14-/m0/s1. The summed E-state index contributed by atoms with van der Waals surface area (Å²) in [7, 11) is 1.59. The summed E-state index contributed by atoms with van der Waals surface area (Å²) < 4.78 is 0. The maximum Gasteiger partial charge on any atom is 0.242 e. The summed E-state index contributed by atoms with van der Waals surface area (Å²) in [6, 6.07) is -1.06. The molecule has 8 heteroatoms. The molecule has 1 heterocycles. The number of carbonyl (C=O) groups is 3. The van der Waals surface area contributed by atoms with Crippen LogP contribution in [-0.2, 0) is 14.4 Å². The minimum Gasteiger partial charge on any atom is -0.357 e. The molecule has 7 nitrogen and oxygen atoms in total. The minimum absolute atomic E-state index is 0.0620. The number of carbonyl (C=O) groups excluding carboxylic acids is 3. The summed E-state index contributed by atoms with van der Waals surface area (Å²) in [6.07, 6.45) is 6.04. The third-order valence-electron chi connectivity index (χ3n) is 4.89. The second kappa shape index (κ2) is 10.8. The van der Waals surface area contributed by atoms with Crippen molar-refractivity contribution in [3.05, 3.63) is 0 Å². The molecule has 0 aromatic heterocycles. The lowest BCUT2D eigenvalue weighted by molar-refractivity contribution is -0.144. The molecule has 2 atom stereocenters. The maximum atomic E-state index is 12.8. The van der Waals surface area contributed by atoms with Gasteiger partial charge in [0.15, 0.2) is 0 Å². The molecule has 0 radical (unpaired) electrons. The van der Waals surface area contributed by atoms with Gasteiger partial charge in [-0.1, -0.05) is 0 Å². The Bertz CT molecular complexity index is 499. The van der Waals surface area contributed by atoms with Crippen LogP contribution in [0.4, 0.5) is 0 Å². The Morgan fingerprint density at radius 2 is 2.00 bits per heavy atom. The minimum atomic E-state index is -0.619. The van der Waals surface area contributed by atoms with Gasteiger partial charge in [-0.2, -0.15) is 11.8 Å². The number of nitrogens with two attached hydrogens (primary N) is 1. The van der Waals surface area contributed by atoms with Crippen LogP contribution in [0.1, 0.15) is 52.4 Å². The molecule has 1 fully saturated rings. The molecule has 0 aliphatic carbocycles. The maximum absolute atomic E-state index is 12.8. The van der Waals surface area contributed by atoms with Crippen molar-refractivity contribution in [2.45, 2.75) is 70.0 Å². The molecule has 0 aromatic carbocycles. The molecular weight excluding hydrogens is 352 g/mol. The summed E-state index contributed by atoms with van der Waals surface area (Å²) in [4.78, 5) is 38.1. The molecule has 0 aromatic rings. The van der Waals surface area contributed by atoms with Crippen LogP contribution in [0.15, 0.2) is 0 Å². The number of thioether (sulfide) groups is 1. The third-order valence-corrected chi connectivity index (χ3v) is 5.51. The molecule has 150 valence electrons. The topological polar surface area (TPSA) is 105 Å². The van der Waals surface area contributed by atoms with E-state index in [1.165, 1.54) is 0 Å². The monoisotopic (exact) mass is 386 g/mol. The van der Waals surface area contributed by atoms with Gasteiger partial charge in [-0.3, -0.25) is 14.4 Å². The Morgan fingerprint density at radius 1 is 1.31 bits per heavy atom. The third kappa shape index (κ3) is 6.46. The average molecular weight is 387 g/mol. The van der Waals surface area contributed by atoms with Crippen molar-refractivity contribution < 1.29 is 14.4 Å². The van der Waals surface area contributed by atoms with Crippen molar-refractivity contribution in [1.82, 2.24) is 15.5 Å². The van der Waals surface area contributed by atoms with E-state index in [0.29, 0.717) is 25.8 Å². The van der Waals surface area contributed by atoms with Gasteiger partial charge in [0.25, 0.3) is 0 Å². The van der Waals surface area contributed by atoms with Gasteiger partial charge in [-0.05, 0) is 52.2 Å². The van der Waals surface area contributed by atoms with Crippen LogP contribution in [0.25, 0.3) is 0 Å². The quantitative estimate of drug-likeness (QED) is 0.483. The largest absolute Gasteiger partial charge is 0.357 e. The first-order chi connectivity index (χ1) is 12.2. The van der Waals surface area contributed by atoms with E-state index in [4.69, 9.17) is 5.73 Å². The molecule has 1 rings (SSSR count). The molecule has 1 aliphatic heterocycles. The fourth-order valence-electron chi connectivity index (χ4n) is 3.33. The van der Waals surface area contributed by atoms with Crippen LogP contribution in [0, 0.1) is 0 Å². The lowest BCUT2D eigenvalue weighted by Crippen LogP contribution is -2.56. The Labute approximate surface area is 161 Å². The van der Waals surface area contributed by atoms with Gasteiger partial charge in [-0.15, -0.1) is 0 Å². The highest BCUT2D eigenvalue weighted by atomic mass is 32.2. The lowest BCUT2D eigenvalue weighted by atomic mass is 10.0. The van der Waals surface area contributed by atoms with E-state index in [2.05, 4.69) is 10.6 Å². The van der Waals surface area contributed by atoms with Crippen LogP contribution < -0.4 is 16.4 Å². The molecule has 1 saturated heterocycles. The molecule has 0 spiro atoms. The molecule has 0 saturated carbocycles. The molecule has 0 bridgehead atoms. The van der Waals surface area contributed by atoms with Gasteiger partial charge < -0.3 is 21.3 Å². The number of nitrogens with one attached hydrogen (secondary N) is 2. The van der Waals surface area contributed by atoms with Gasteiger partial charge in [-0.25, -0.2) is 0 Å². The van der Waals surface area contributed by atoms with Crippen LogP contribution >= 0.6 is 11.8 Å². The van der Waals surface area contributed by atoms with Crippen LogP contribution in [-0.4, -0.2) is 65.8 Å². The first-order valence-corrected chi connectivity index (χ1v) is 10.7. The summed E-state index contributed by atoms with van der Waals surface area (Å²) in [5, 5.41) is 5.51. The fraction of sp³-hybridized carbons (Fsp3) is 0.833.